The molecule has 1 heterocycles. The molecular weight excluding hydrogens is 292 g/mol. The minimum absolute atomic E-state index is 0.0725. The number of fused-ring (bicyclic) bond motifs is 1. The standard InChI is InChI=1S/C18H18N2OS/c1-2-3-11-17(21)19-14-8-6-7-13(12-14)18-20-15-9-4-5-10-16(15)22-18/h4-10,12H,2-3,11H2,1H3,(H,19,21). The summed E-state index contributed by atoms with van der Waals surface area (Å²) in [6.45, 7) is 2.08. The Morgan fingerprint density at radius 3 is 2.86 bits per heavy atom. The van der Waals surface area contributed by atoms with E-state index in [-0.39, 0.29) is 5.91 Å². The Hall–Kier alpha value is -2.20. The number of nitrogens with one attached hydrogen (secondary N) is 1. The van der Waals surface area contributed by atoms with Gasteiger partial charge in [0.25, 0.3) is 0 Å². The molecule has 0 atom stereocenters. The average molecular weight is 310 g/mol. The number of hydrogen-bond acceptors (Lipinski definition) is 3. The SMILES string of the molecule is CCCCC(=O)Nc1cccc(-c2nc3ccccc3s2)c1. The van der Waals surface area contributed by atoms with Gasteiger partial charge < -0.3 is 5.32 Å². The third kappa shape index (κ3) is 3.34. The third-order valence-electron chi connectivity index (χ3n) is 3.44. The van der Waals surface area contributed by atoms with Gasteiger partial charge in [-0.2, -0.15) is 0 Å². The van der Waals surface area contributed by atoms with Gasteiger partial charge in [-0.25, -0.2) is 4.98 Å². The molecule has 22 heavy (non-hydrogen) atoms. The Balaban J connectivity index is 1.82. The molecule has 1 amide bonds. The van der Waals surface area contributed by atoms with E-state index >= 15 is 0 Å². The molecule has 0 aliphatic rings. The molecule has 2 aromatic carbocycles. The van der Waals surface area contributed by atoms with Crippen LogP contribution >= 0.6 is 11.3 Å². The molecule has 0 fully saturated rings. The minimum atomic E-state index is 0.0725. The molecular formula is C18H18N2OS. The number of para-hydroxylation sites is 1. The molecule has 3 rings (SSSR count). The fourth-order valence-corrected chi connectivity index (χ4v) is 3.25. The Kier molecular flexibility index (Phi) is 4.49. The van der Waals surface area contributed by atoms with Gasteiger partial charge in [-0.05, 0) is 30.7 Å². The molecule has 3 aromatic rings. The van der Waals surface area contributed by atoms with E-state index in [1.54, 1.807) is 11.3 Å². The second-order valence-corrected chi connectivity index (χ2v) is 6.25. The highest BCUT2D eigenvalue weighted by Crippen LogP contribution is 2.31. The van der Waals surface area contributed by atoms with Gasteiger partial charge in [0, 0.05) is 17.7 Å². The zero-order chi connectivity index (χ0) is 15.4. The maximum Gasteiger partial charge on any atom is 0.224 e. The van der Waals surface area contributed by atoms with Crippen molar-refractivity contribution in [3.05, 3.63) is 48.5 Å². The Morgan fingerprint density at radius 1 is 1.18 bits per heavy atom. The molecule has 0 aliphatic heterocycles. The second kappa shape index (κ2) is 6.71. The van der Waals surface area contributed by atoms with E-state index in [1.807, 2.05) is 42.5 Å². The Bertz CT molecular complexity index is 761. The fraction of sp³-hybridized carbons (Fsp3) is 0.222. The van der Waals surface area contributed by atoms with Crippen molar-refractivity contribution in [2.75, 3.05) is 5.32 Å². The van der Waals surface area contributed by atoms with Crippen molar-refractivity contribution in [3.63, 3.8) is 0 Å². The number of amides is 1. The number of benzene rings is 2. The number of rotatable bonds is 5. The van der Waals surface area contributed by atoms with Crippen molar-refractivity contribution < 1.29 is 4.79 Å². The van der Waals surface area contributed by atoms with Crippen LogP contribution in [-0.4, -0.2) is 10.9 Å². The van der Waals surface area contributed by atoms with E-state index < -0.39 is 0 Å². The predicted octanol–water partition coefficient (Wildman–Crippen LogP) is 5.09. The first-order chi connectivity index (χ1) is 10.8. The largest absolute Gasteiger partial charge is 0.326 e. The molecule has 0 spiro atoms. The quantitative estimate of drug-likeness (QED) is 0.713. The van der Waals surface area contributed by atoms with Gasteiger partial charge in [0.1, 0.15) is 5.01 Å². The first-order valence-electron chi connectivity index (χ1n) is 7.52. The fourth-order valence-electron chi connectivity index (χ4n) is 2.29. The van der Waals surface area contributed by atoms with E-state index in [2.05, 4.69) is 23.3 Å². The van der Waals surface area contributed by atoms with Gasteiger partial charge in [-0.15, -0.1) is 11.3 Å². The summed E-state index contributed by atoms with van der Waals surface area (Å²) in [7, 11) is 0. The van der Waals surface area contributed by atoms with E-state index in [0.29, 0.717) is 6.42 Å². The first-order valence-corrected chi connectivity index (χ1v) is 8.34. The minimum Gasteiger partial charge on any atom is -0.326 e. The predicted molar refractivity (Wildman–Crippen MR) is 93.2 cm³/mol. The summed E-state index contributed by atoms with van der Waals surface area (Å²) in [6, 6.07) is 16.0. The zero-order valence-electron chi connectivity index (χ0n) is 12.5. The summed E-state index contributed by atoms with van der Waals surface area (Å²) in [5.41, 5.74) is 2.88. The summed E-state index contributed by atoms with van der Waals surface area (Å²) in [6.07, 6.45) is 2.52. The van der Waals surface area contributed by atoms with Gasteiger partial charge in [-0.1, -0.05) is 37.6 Å². The van der Waals surface area contributed by atoms with Crippen LogP contribution in [0.4, 0.5) is 5.69 Å². The number of carbonyl (C=O) groups is 1. The molecule has 0 aliphatic carbocycles. The smallest absolute Gasteiger partial charge is 0.224 e. The van der Waals surface area contributed by atoms with Crippen molar-refractivity contribution in [3.8, 4) is 10.6 Å². The summed E-state index contributed by atoms with van der Waals surface area (Å²) in [5, 5.41) is 3.94. The van der Waals surface area contributed by atoms with Gasteiger partial charge in [-0.3, -0.25) is 4.79 Å². The molecule has 1 aromatic heterocycles. The van der Waals surface area contributed by atoms with Crippen molar-refractivity contribution in [2.24, 2.45) is 0 Å². The first kappa shape index (κ1) is 14.7. The number of hydrogen-bond donors (Lipinski definition) is 1. The van der Waals surface area contributed by atoms with Gasteiger partial charge in [0.15, 0.2) is 0 Å². The molecule has 4 heteroatoms. The van der Waals surface area contributed by atoms with Crippen LogP contribution in [0.25, 0.3) is 20.8 Å². The van der Waals surface area contributed by atoms with Crippen LogP contribution in [0.1, 0.15) is 26.2 Å². The van der Waals surface area contributed by atoms with Crippen molar-refractivity contribution in [1.82, 2.24) is 4.98 Å². The molecule has 112 valence electrons. The maximum absolute atomic E-state index is 11.8. The molecule has 0 radical (unpaired) electrons. The number of aromatic nitrogens is 1. The van der Waals surface area contributed by atoms with Gasteiger partial charge in [0.2, 0.25) is 5.91 Å². The topological polar surface area (TPSA) is 42.0 Å². The van der Waals surface area contributed by atoms with Crippen LogP contribution < -0.4 is 5.32 Å². The molecule has 3 nitrogen and oxygen atoms in total. The van der Waals surface area contributed by atoms with E-state index in [0.717, 1.165) is 34.6 Å². The zero-order valence-corrected chi connectivity index (χ0v) is 13.3. The number of unbranched alkanes of at least 4 members (excludes halogenated alkanes) is 1. The molecule has 0 saturated heterocycles. The Morgan fingerprint density at radius 2 is 2.05 bits per heavy atom. The lowest BCUT2D eigenvalue weighted by atomic mass is 10.2. The highest BCUT2D eigenvalue weighted by molar-refractivity contribution is 7.21. The Labute approximate surface area is 134 Å². The molecule has 0 unspecified atom stereocenters. The van der Waals surface area contributed by atoms with Crippen LogP contribution in [0.15, 0.2) is 48.5 Å². The van der Waals surface area contributed by atoms with Crippen LogP contribution in [0.5, 0.6) is 0 Å². The van der Waals surface area contributed by atoms with E-state index in [1.165, 1.54) is 4.70 Å². The molecule has 0 bridgehead atoms. The maximum atomic E-state index is 11.8. The lowest BCUT2D eigenvalue weighted by molar-refractivity contribution is -0.116. The van der Waals surface area contributed by atoms with E-state index in [9.17, 15) is 4.79 Å². The second-order valence-electron chi connectivity index (χ2n) is 5.22. The summed E-state index contributed by atoms with van der Waals surface area (Å²) < 4.78 is 1.18. The van der Waals surface area contributed by atoms with Crippen molar-refractivity contribution in [2.45, 2.75) is 26.2 Å². The molecule has 1 N–H and O–H groups in total. The highest BCUT2D eigenvalue weighted by Gasteiger charge is 2.07. The van der Waals surface area contributed by atoms with E-state index in [4.69, 9.17) is 0 Å². The summed E-state index contributed by atoms with van der Waals surface area (Å²) in [5.74, 6) is 0.0725. The number of carbonyl (C=O) groups excluding carboxylic acids is 1. The lowest BCUT2D eigenvalue weighted by Gasteiger charge is -2.06. The van der Waals surface area contributed by atoms with Gasteiger partial charge >= 0.3 is 0 Å². The summed E-state index contributed by atoms with van der Waals surface area (Å²) >= 11 is 1.67. The number of anilines is 1. The average Bonchev–Trinajstić information content (AvgIpc) is 2.97. The molecule has 0 saturated carbocycles. The normalized spacial score (nSPS) is 10.8. The van der Waals surface area contributed by atoms with Crippen molar-refractivity contribution in [1.29, 1.82) is 0 Å². The highest BCUT2D eigenvalue weighted by atomic mass is 32.1. The lowest BCUT2D eigenvalue weighted by Crippen LogP contribution is -2.10. The number of nitrogens with zero attached hydrogens (tertiary/aromatic N) is 1. The summed E-state index contributed by atoms with van der Waals surface area (Å²) in [4.78, 5) is 16.5. The van der Waals surface area contributed by atoms with Gasteiger partial charge in [0.05, 0.1) is 10.2 Å². The van der Waals surface area contributed by atoms with Crippen LogP contribution in [0.3, 0.4) is 0 Å². The van der Waals surface area contributed by atoms with Crippen LogP contribution in [-0.2, 0) is 4.79 Å². The third-order valence-corrected chi connectivity index (χ3v) is 4.53. The monoisotopic (exact) mass is 310 g/mol. The van der Waals surface area contributed by atoms with Crippen LogP contribution in [0.2, 0.25) is 0 Å². The van der Waals surface area contributed by atoms with Crippen LogP contribution in [0, 0.1) is 0 Å². The van der Waals surface area contributed by atoms with Crippen molar-refractivity contribution >= 4 is 33.1 Å². The number of thiazole rings is 1.